The fourth-order valence-electron chi connectivity index (χ4n) is 1.66. The SMILES string of the molecule is CCOC(=O)c1nc(-c2ccc(C(F)(F)F)cc2[N+](=O)[O-])no1. The number of alkyl halides is 3. The summed E-state index contributed by atoms with van der Waals surface area (Å²) in [5.41, 5.74) is -2.37. The predicted molar refractivity (Wildman–Crippen MR) is 67.3 cm³/mol. The average Bonchev–Trinajstić information content (AvgIpc) is 2.95. The van der Waals surface area contributed by atoms with E-state index in [2.05, 4.69) is 19.4 Å². The third kappa shape index (κ3) is 3.44. The van der Waals surface area contributed by atoms with Gasteiger partial charge < -0.3 is 9.26 Å². The van der Waals surface area contributed by atoms with Gasteiger partial charge in [-0.05, 0) is 19.1 Å². The molecular formula is C12H8F3N3O5. The van der Waals surface area contributed by atoms with Gasteiger partial charge in [0.2, 0.25) is 5.82 Å². The number of hydrogen-bond donors (Lipinski definition) is 0. The Morgan fingerprint density at radius 1 is 1.43 bits per heavy atom. The summed E-state index contributed by atoms with van der Waals surface area (Å²) in [6, 6.07) is 1.83. The lowest BCUT2D eigenvalue weighted by atomic mass is 10.1. The van der Waals surface area contributed by atoms with Gasteiger partial charge in [-0.3, -0.25) is 10.1 Å². The van der Waals surface area contributed by atoms with E-state index >= 15 is 0 Å². The molecule has 122 valence electrons. The molecule has 0 saturated carbocycles. The lowest BCUT2D eigenvalue weighted by molar-refractivity contribution is -0.384. The molecule has 0 unspecified atom stereocenters. The van der Waals surface area contributed by atoms with Gasteiger partial charge in [0.05, 0.1) is 17.1 Å². The molecule has 0 N–H and O–H groups in total. The first-order valence-electron chi connectivity index (χ1n) is 6.11. The second kappa shape index (κ2) is 6.02. The molecule has 0 fully saturated rings. The highest BCUT2D eigenvalue weighted by molar-refractivity contribution is 5.85. The minimum Gasteiger partial charge on any atom is -0.459 e. The third-order valence-electron chi connectivity index (χ3n) is 2.64. The molecule has 0 aliphatic carbocycles. The topological polar surface area (TPSA) is 108 Å². The maximum absolute atomic E-state index is 12.6. The zero-order valence-corrected chi connectivity index (χ0v) is 11.5. The first-order valence-corrected chi connectivity index (χ1v) is 6.11. The number of halogens is 3. The molecule has 1 aromatic carbocycles. The molecule has 0 aliphatic heterocycles. The van der Waals surface area contributed by atoms with E-state index in [0.29, 0.717) is 12.1 Å². The van der Waals surface area contributed by atoms with Gasteiger partial charge in [0.15, 0.2) is 0 Å². The molecule has 0 aliphatic rings. The van der Waals surface area contributed by atoms with Crippen molar-refractivity contribution in [2.24, 2.45) is 0 Å². The number of carbonyl (C=O) groups excluding carboxylic acids is 1. The number of rotatable bonds is 4. The van der Waals surface area contributed by atoms with Crippen LogP contribution < -0.4 is 0 Å². The molecule has 1 heterocycles. The molecule has 1 aromatic heterocycles. The number of nitro groups is 1. The molecule has 0 atom stereocenters. The summed E-state index contributed by atoms with van der Waals surface area (Å²) in [6.07, 6.45) is -4.74. The lowest BCUT2D eigenvalue weighted by Crippen LogP contribution is -2.06. The quantitative estimate of drug-likeness (QED) is 0.481. The van der Waals surface area contributed by atoms with Crippen LogP contribution >= 0.6 is 0 Å². The van der Waals surface area contributed by atoms with Crippen molar-refractivity contribution in [3.63, 3.8) is 0 Å². The first-order chi connectivity index (χ1) is 10.7. The largest absolute Gasteiger partial charge is 0.459 e. The van der Waals surface area contributed by atoms with Crippen LogP contribution in [0.2, 0.25) is 0 Å². The third-order valence-corrected chi connectivity index (χ3v) is 2.64. The highest BCUT2D eigenvalue weighted by Crippen LogP contribution is 2.36. The van der Waals surface area contributed by atoms with Crippen LogP contribution in [0, 0.1) is 10.1 Å². The zero-order valence-electron chi connectivity index (χ0n) is 11.5. The predicted octanol–water partition coefficient (Wildman–Crippen LogP) is 2.84. The smallest absolute Gasteiger partial charge is 0.416 e. The number of hydrogen-bond acceptors (Lipinski definition) is 7. The van der Waals surface area contributed by atoms with Gasteiger partial charge in [0, 0.05) is 6.07 Å². The zero-order chi connectivity index (χ0) is 17.2. The summed E-state index contributed by atoms with van der Waals surface area (Å²) in [7, 11) is 0. The number of esters is 1. The number of benzene rings is 1. The molecule has 2 rings (SSSR count). The van der Waals surface area contributed by atoms with Crippen molar-refractivity contribution in [2.75, 3.05) is 6.61 Å². The van der Waals surface area contributed by atoms with Gasteiger partial charge in [-0.25, -0.2) is 4.79 Å². The molecule has 0 amide bonds. The van der Waals surface area contributed by atoms with Crippen molar-refractivity contribution in [3.8, 4) is 11.4 Å². The van der Waals surface area contributed by atoms with Crippen molar-refractivity contribution >= 4 is 11.7 Å². The molecule has 2 aromatic rings. The van der Waals surface area contributed by atoms with Gasteiger partial charge in [-0.2, -0.15) is 18.2 Å². The Bertz CT molecular complexity index is 757. The van der Waals surface area contributed by atoms with Crippen molar-refractivity contribution in [2.45, 2.75) is 13.1 Å². The molecule has 11 heteroatoms. The molecule has 0 spiro atoms. The molecular weight excluding hydrogens is 323 g/mol. The molecule has 0 bridgehead atoms. The highest BCUT2D eigenvalue weighted by Gasteiger charge is 2.34. The number of ether oxygens (including phenoxy) is 1. The van der Waals surface area contributed by atoms with Crippen molar-refractivity contribution < 1.29 is 32.1 Å². The number of nitrogens with zero attached hydrogens (tertiary/aromatic N) is 3. The van der Waals surface area contributed by atoms with E-state index in [-0.39, 0.29) is 12.2 Å². The van der Waals surface area contributed by atoms with Crippen LogP contribution in [-0.2, 0) is 10.9 Å². The van der Waals surface area contributed by atoms with E-state index in [1.165, 1.54) is 6.92 Å². The monoisotopic (exact) mass is 331 g/mol. The maximum atomic E-state index is 12.6. The first kappa shape index (κ1) is 16.4. The van der Waals surface area contributed by atoms with Crippen LogP contribution in [0.4, 0.5) is 18.9 Å². The van der Waals surface area contributed by atoms with E-state index in [1.54, 1.807) is 0 Å². The van der Waals surface area contributed by atoms with Crippen LogP contribution in [0.15, 0.2) is 22.7 Å². The van der Waals surface area contributed by atoms with Gasteiger partial charge in [-0.15, -0.1) is 0 Å². The molecule has 0 saturated heterocycles. The number of carbonyl (C=O) groups is 1. The van der Waals surface area contributed by atoms with Crippen LogP contribution in [0.5, 0.6) is 0 Å². The summed E-state index contributed by atoms with van der Waals surface area (Å²) in [4.78, 5) is 25.0. The fourth-order valence-corrected chi connectivity index (χ4v) is 1.66. The van der Waals surface area contributed by atoms with Gasteiger partial charge in [-0.1, -0.05) is 5.16 Å². The summed E-state index contributed by atoms with van der Waals surface area (Å²) in [5, 5.41) is 14.3. The molecule has 23 heavy (non-hydrogen) atoms. The Morgan fingerprint density at radius 3 is 2.70 bits per heavy atom. The number of nitro benzene ring substituents is 1. The highest BCUT2D eigenvalue weighted by atomic mass is 19.4. The van der Waals surface area contributed by atoms with Crippen molar-refractivity contribution in [1.29, 1.82) is 0 Å². The minimum atomic E-state index is -4.74. The fraction of sp³-hybridized carbons (Fsp3) is 0.250. The lowest BCUT2D eigenvalue weighted by Gasteiger charge is -2.07. The summed E-state index contributed by atoms with van der Waals surface area (Å²) in [5.74, 6) is -1.90. The molecule has 0 radical (unpaired) electrons. The van der Waals surface area contributed by atoms with Gasteiger partial charge in [0.25, 0.3) is 5.69 Å². The van der Waals surface area contributed by atoms with Crippen LogP contribution in [0.25, 0.3) is 11.4 Å². The summed E-state index contributed by atoms with van der Waals surface area (Å²) in [6.45, 7) is 1.58. The second-order valence-corrected chi connectivity index (χ2v) is 4.13. The normalized spacial score (nSPS) is 11.3. The van der Waals surface area contributed by atoms with Crippen LogP contribution in [0.1, 0.15) is 23.2 Å². The molecule has 8 nitrogen and oxygen atoms in total. The minimum absolute atomic E-state index is 0.0387. The number of aromatic nitrogens is 2. The van der Waals surface area contributed by atoms with E-state index in [9.17, 15) is 28.1 Å². The van der Waals surface area contributed by atoms with Gasteiger partial charge in [0.1, 0.15) is 5.56 Å². The van der Waals surface area contributed by atoms with Crippen LogP contribution in [0.3, 0.4) is 0 Å². The summed E-state index contributed by atoms with van der Waals surface area (Å²) >= 11 is 0. The van der Waals surface area contributed by atoms with E-state index in [1.807, 2.05) is 0 Å². The Hall–Kier alpha value is -2.98. The van der Waals surface area contributed by atoms with E-state index in [4.69, 9.17) is 0 Å². The Labute approximate surface area is 126 Å². The Kier molecular flexibility index (Phi) is 4.29. The van der Waals surface area contributed by atoms with E-state index < -0.39 is 40.0 Å². The average molecular weight is 331 g/mol. The Balaban J connectivity index is 2.47. The second-order valence-electron chi connectivity index (χ2n) is 4.13. The van der Waals surface area contributed by atoms with Crippen LogP contribution in [-0.4, -0.2) is 27.6 Å². The Morgan fingerprint density at radius 2 is 2.13 bits per heavy atom. The van der Waals surface area contributed by atoms with Crippen molar-refractivity contribution in [1.82, 2.24) is 10.1 Å². The standard InChI is InChI=1S/C12H8F3N3O5/c1-2-22-11(19)10-16-9(17-23-10)7-4-3-6(12(13,14)15)5-8(7)18(20)21/h3-5H,2H2,1H3. The van der Waals surface area contributed by atoms with E-state index in [0.717, 1.165) is 6.07 Å². The summed E-state index contributed by atoms with van der Waals surface area (Å²) < 4.78 is 47.1. The van der Waals surface area contributed by atoms with Crippen molar-refractivity contribution in [3.05, 3.63) is 39.8 Å². The van der Waals surface area contributed by atoms with Gasteiger partial charge >= 0.3 is 18.0 Å². The maximum Gasteiger partial charge on any atom is 0.416 e.